The van der Waals surface area contributed by atoms with E-state index in [-0.39, 0.29) is 55.8 Å². The van der Waals surface area contributed by atoms with E-state index in [4.69, 9.17) is 10.3 Å². The van der Waals surface area contributed by atoms with E-state index in [1.165, 1.54) is 0 Å². The molecule has 0 atom stereocenters. The maximum absolute atomic E-state index is 8.57. The van der Waals surface area contributed by atoms with Gasteiger partial charge in [0.25, 0.3) is 21.1 Å². The highest BCUT2D eigenvalue weighted by Gasteiger charge is 1.70. The number of hydrogen-bond donors (Lipinski definition) is 1. The molecular weight excluding hydrogens is 331 g/mol. The van der Waals surface area contributed by atoms with Gasteiger partial charge < -0.3 is 66.1 Å². The minimum Gasteiger partial charge on any atom is -1.00 e. The van der Waals surface area contributed by atoms with Gasteiger partial charge in [0.2, 0.25) is 0 Å². The average Bonchev–Trinajstić information content (AvgIpc) is 0.811. The van der Waals surface area contributed by atoms with Gasteiger partial charge in [-0.2, -0.15) is 0 Å². The van der Waals surface area contributed by atoms with E-state index in [1.807, 2.05) is 0 Å². The summed E-state index contributed by atoms with van der Waals surface area (Å²) < 4.78 is 25.7. The molecule has 0 radical (unpaired) electrons. The van der Waals surface area contributed by atoms with Crippen molar-refractivity contribution in [3.63, 3.8) is 0 Å². The molecule has 0 aliphatic carbocycles. The van der Waals surface area contributed by atoms with Gasteiger partial charge in [-0.3, -0.25) is 0 Å². The van der Waals surface area contributed by atoms with Crippen molar-refractivity contribution in [2.45, 2.75) is 0 Å². The Hall–Kier alpha value is 1.73. The molecule has 0 amide bonds. The lowest BCUT2D eigenvalue weighted by Crippen LogP contribution is -4.05. The van der Waals surface area contributed by atoms with Crippen molar-refractivity contribution in [3.8, 4) is 0 Å². The third-order valence-corrected chi connectivity index (χ3v) is 0. The van der Waals surface area contributed by atoms with Crippen LogP contribution < -0.4 is 87.2 Å². The van der Waals surface area contributed by atoms with Crippen LogP contribution in [0.1, 0.15) is 0 Å². The zero-order valence-corrected chi connectivity index (χ0v) is 9.30. The van der Waals surface area contributed by atoms with Crippen LogP contribution in [0.4, 0.5) is 0 Å². The lowest BCUT2D eigenvalue weighted by atomic mass is 14.0. The molecule has 0 aromatic rings. The second kappa shape index (κ2) is 33.1. The molecule has 4 nitrogen and oxygen atoms in total. The lowest BCUT2D eigenvalue weighted by Gasteiger charge is -1.84. The van der Waals surface area contributed by atoms with Crippen LogP contribution >= 0.6 is 0 Å². The molecule has 0 fully saturated rings. The first-order chi connectivity index (χ1) is 1.73. The van der Waals surface area contributed by atoms with Crippen molar-refractivity contribution in [2.24, 2.45) is 0 Å². The van der Waals surface area contributed by atoms with Crippen molar-refractivity contribution in [3.05, 3.63) is 0 Å². The van der Waals surface area contributed by atoms with Crippen molar-refractivity contribution < 1.29 is 81.0 Å². The molecule has 9 heteroatoms. The fourth-order valence-electron chi connectivity index (χ4n) is 0. The highest BCUT2D eigenvalue weighted by Crippen LogP contribution is -0.137. The molecule has 9 heavy (non-hydrogen) atoms. The van der Waals surface area contributed by atoms with E-state index in [9.17, 15) is 0 Å². The van der Waals surface area contributed by atoms with Gasteiger partial charge >= 0.3 is 0 Å². The van der Waals surface area contributed by atoms with Gasteiger partial charge in [0.1, 0.15) is 0 Å². The van der Waals surface area contributed by atoms with Gasteiger partial charge in [-0.25, -0.2) is 0 Å². The predicted molar refractivity (Wildman–Crippen MR) is 5.98 cm³/mol. The van der Waals surface area contributed by atoms with Gasteiger partial charge in [0.05, 0.1) is 0 Å². The Morgan fingerprint density at radius 3 is 0.667 bits per heavy atom. The van der Waals surface area contributed by atoms with E-state index in [2.05, 4.69) is 0 Å². The first-order valence-electron chi connectivity index (χ1n) is 0.463. The van der Waals surface area contributed by atoms with Crippen LogP contribution in [0.3, 0.4) is 0 Å². The number of halogens is 5. The molecular formula is H4Cl4INO3-4. The first-order valence-corrected chi connectivity index (χ1v) is 3.11. The monoisotopic (exact) mass is 333 g/mol. The maximum Gasteiger partial charge on any atom is 0.282 e. The molecule has 0 aliphatic rings. The third-order valence-electron chi connectivity index (χ3n) is 0. The van der Waals surface area contributed by atoms with Gasteiger partial charge in [0, 0.05) is 0 Å². The Labute approximate surface area is 86.7 Å². The van der Waals surface area contributed by atoms with E-state index >= 15 is 0 Å². The molecule has 4 N–H and O–H groups in total. The van der Waals surface area contributed by atoms with E-state index < -0.39 is 21.1 Å². The van der Waals surface area contributed by atoms with Crippen LogP contribution in [-0.4, -0.2) is 0 Å². The van der Waals surface area contributed by atoms with Gasteiger partial charge in [-0.15, -0.1) is 0 Å². The maximum atomic E-state index is 8.57. The van der Waals surface area contributed by atoms with Crippen LogP contribution in [0.5, 0.6) is 0 Å². The molecule has 0 heterocycles. The molecule has 0 unspecified atom stereocenters. The summed E-state index contributed by atoms with van der Waals surface area (Å²) in [7, 11) is 0. The second-order valence-electron chi connectivity index (χ2n) is 0.189. The molecule has 0 aromatic heterocycles. The van der Waals surface area contributed by atoms with Gasteiger partial charge in [-0.1, -0.05) is 0 Å². The zero-order chi connectivity index (χ0) is 3.58. The van der Waals surface area contributed by atoms with Crippen molar-refractivity contribution in [1.29, 1.82) is 0 Å². The summed E-state index contributed by atoms with van der Waals surface area (Å²) in [5, 5.41) is 0. The van der Waals surface area contributed by atoms with Crippen molar-refractivity contribution >= 4 is 0 Å². The number of hydrogen-bond acceptors (Lipinski definition) is 3. The molecule has 66 valence electrons. The Morgan fingerprint density at radius 1 is 0.667 bits per heavy atom. The lowest BCUT2D eigenvalue weighted by molar-refractivity contribution is -1.73. The van der Waals surface area contributed by atoms with Gasteiger partial charge in [0.15, 0.2) is 0 Å². The summed E-state index contributed by atoms with van der Waals surface area (Å²) in [4.78, 5) is 0. The Kier molecular flexibility index (Phi) is 167. The summed E-state index contributed by atoms with van der Waals surface area (Å²) >= 11 is -4.01. The topological polar surface area (TPSA) is 106 Å². The van der Waals surface area contributed by atoms with Crippen LogP contribution in [-0.2, 0) is 0 Å². The predicted octanol–water partition coefficient (Wildman–Crippen LogP) is -18.2. The van der Waals surface area contributed by atoms with E-state index in [0.29, 0.717) is 0 Å². The quantitative estimate of drug-likeness (QED) is 0.445. The molecule has 0 aliphatic heterocycles. The standard InChI is InChI=1S/4ClH.IO3.H3N/c;;;;2-1(3)4;/h4*1H;;1H3/q;;;;-1;/p-3. The normalized spacial score (nSPS) is 4.00. The molecule has 0 saturated heterocycles. The molecule has 0 spiro atoms. The second-order valence-corrected chi connectivity index (χ2v) is 1.27. The van der Waals surface area contributed by atoms with E-state index in [0.717, 1.165) is 0 Å². The zero-order valence-electron chi connectivity index (χ0n) is 4.11. The Bertz CT molecular complexity index is 20.5. The first kappa shape index (κ1) is 45.4. The molecule has 0 saturated carbocycles. The highest BCUT2D eigenvalue weighted by atomic mass is 127. The Balaban J connectivity index is -0.00000000450. The smallest absolute Gasteiger partial charge is 0.282 e. The molecule has 0 aromatic carbocycles. The van der Waals surface area contributed by atoms with Crippen LogP contribution in [0, 0.1) is 0 Å². The number of rotatable bonds is 0. The summed E-state index contributed by atoms with van der Waals surface area (Å²) in [6, 6.07) is 0. The van der Waals surface area contributed by atoms with E-state index in [1.54, 1.807) is 0 Å². The van der Waals surface area contributed by atoms with Gasteiger partial charge in [-0.05, 0) is 0 Å². The minimum atomic E-state index is -4.01. The largest absolute Gasteiger partial charge is 1.00 e. The third kappa shape index (κ3) is 194. The summed E-state index contributed by atoms with van der Waals surface area (Å²) in [5.74, 6) is 0. The minimum absolute atomic E-state index is 0. The number of quaternary nitrogens is 1. The van der Waals surface area contributed by atoms with Crippen LogP contribution in [0.25, 0.3) is 0 Å². The Morgan fingerprint density at radius 2 is 0.667 bits per heavy atom. The van der Waals surface area contributed by atoms with Crippen molar-refractivity contribution in [2.75, 3.05) is 0 Å². The highest BCUT2D eigenvalue weighted by molar-refractivity contribution is 2.13. The fourth-order valence-corrected chi connectivity index (χ4v) is 0. The molecule has 0 rings (SSSR count). The SMILES string of the molecule is [Cl-].[Cl-].[Cl-].[Cl-].[NH4+].[O-][I+2]([O-])[O-]. The average molecular weight is 335 g/mol. The van der Waals surface area contributed by atoms with Crippen molar-refractivity contribution in [1.82, 2.24) is 6.15 Å². The summed E-state index contributed by atoms with van der Waals surface area (Å²) in [6.45, 7) is 0. The van der Waals surface area contributed by atoms with Crippen LogP contribution in [0.2, 0.25) is 0 Å². The summed E-state index contributed by atoms with van der Waals surface area (Å²) in [5.41, 5.74) is 0. The summed E-state index contributed by atoms with van der Waals surface area (Å²) in [6.07, 6.45) is 0. The molecule has 0 bridgehead atoms. The fraction of sp³-hybridized carbons (Fsp3) is 0. The van der Waals surface area contributed by atoms with Crippen LogP contribution in [0.15, 0.2) is 0 Å².